The van der Waals surface area contributed by atoms with E-state index in [0.29, 0.717) is 5.56 Å². The molecule has 0 aliphatic carbocycles. The van der Waals surface area contributed by atoms with Gasteiger partial charge in [0.05, 0.1) is 11.6 Å². The van der Waals surface area contributed by atoms with Crippen molar-refractivity contribution in [2.24, 2.45) is 0 Å². The summed E-state index contributed by atoms with van der Waals surface area (Å²) in [6.45, 7) is 5.43. The molecule has 0 aliphatic heterocycles. The van der Waals surface area contributed by atoms with Crippen LogP contribution in [0.15, 0.2) is 67.3 Å². The molecule has 3 rings (SSSR count). The highest BCUT2D eigenvalue weighted by Crippen LogP contribution is 2.27. The number of aliphatic hydroxyl groups is 1. The van der Waals surface area contributed by atoms with Crippen molar-refractivity contribution < 1.29 is 9.90 Å². The highest BCUT2D eigenvalue weighted by Gasteiger charge is 2.20. The summed E-state index contributed by atoms with van der Waals surface area (Å²) in [7, 11) is 1.79. The number of rotatable bonds is 5. The van der Waals surface area contributed by atoms with E-state index in [1.165, 1.54) is 0 Å². The van der Waals surface area contributed by atoms with Crippen LogP contribution in [0.5, 0.6) is 0 Å². The standard InChI is InChI=1S/C23H25N3O2/c1-16(19-9-6-10-24-13-19)26(4)22(27)18-8-5-7-17(11-18)20-12-21(15-25-14-20)23(2,3)28/h5-16,28H,1-4H3. The van der Waals surface area contributed by atoms with Gasteiger partial charge >= 0.3 is 0 Å². The van der Waals surface area contributed by atoms with E-state index >= 15 is 0 Å². The van der Waals surface area contributed by atoms with Gasteiger partial charge in [0.1, 0.15) is 0 Å². The molecule has 1 unspecified atom stereocenters. The van der Waals surface area contributed by atoms with Gasteiger partial charge < -0.3 is 10.0 Å². The summed E-state index contributed by atoms with van der Waals surface area (Å²) in [5, 5.41) is 10.2. The molecule has 1 aromatic carbocycles. The van der Waals surface area contributed by atoms with E-state index in [-0.39, 0.29) is 11.9 Å². The van der Waals surface area contributed by atoms with Crippen molar-refractivity contribution in [2.75, 3.05) is 7.05 Å². The summed E-state index contributed by atoms with van der Waals surface area (Å²) in [5.41, 5.74) is 3.07. The second kappa shape index (κ2) is 7.90. The van der Waals surface area contributed by atoms with Crippen molar-refractivity contribution in [3.63, 3.8) is 0 Å². The van der Waals surface area contributed by atoms with Gasteiger partial charge in [-0.1, -0.05) is 18.2 Å². The minimum absolute atomic E-state index is 0.0650. The Morgan fingerprint density at radius 1 is 1.04 bits per heavy atom. The largest absolute Gasteiger partial charge is 0.386 e. The zero-order chi connectivity index (χ0) is 20.3. The van der Waals surface area contributed by atoms with Crippen LogP contribution in [0.3, 0.4) is 0 Å². The molecule has 3 aromatic rings. The van der Waals surface area contributed by atoms with Gasteiger partial charge in [-0.05, 0) is 56.2 Å². The van der Waals surface area contributed by atoms with Gasteiger partial charge in [0, 0.05) is 48.5 Å². The molecule has 0 fully saturated rings. The predicted octanol–water partition coefficient (Wildman–Crippen LogP) is 4.20. The van der Waals surface area contributed by atoms with Crippen molar-refractivity contribution >= 4 is 5.91 Å². The number of carbonyl (C=O) groups excluding carboxylic acids is 1. The normalized spacial score (nSPS) is 12.5. The molecule has 5 heteroatoms. The molecule has 28 heavy (non-hydrogen) atoms. The lowest BCUT2D eigenvalue weighted by molar-refractivity contribution is 0.0741. The Morgan fingerprint density at radius 3 is 2.50 bits per heavy atom. The van der Waals surface area contributed by atoms with Gasteiger partial charge in [-0.15, -0.1) is 0 Å². The number of carbonyl (C=O) groups is 1. The minimum Gasteiger partial charge on any atom is -0.386 e. The molecule has 0 spiro atoms. The fourth-order valence-electron chi connectivity index (χ4n) is 2.99. The Kier molecular flexibility index (Phi) is 5.56. The van der Waals surface area contributed by atoms with E-state index in [1.807, 2.05) is 49.4 Å². The van der Waals surface area contributed by atoms with Crippen LogP contribution in [0.25, 0.3) is 11.1 Å². The zero-order valence-corrected chi connectivity index (χ0v) is 16.6. The first-order chi connectivity index (χ1) is 13.3. The molecule has 144 valence electrons. The summed E-state index contributed by atoms with van der Waals surface area (Å²) in [5.74, 6) is -0.0650. The third kappa shape index (κ3) is 4.26. The third-order valence-electron chi connectivity index (χ3n) is 4.96. The monoisotopic (exact) mass is 375 g/mol. The molecule has 0 saturated heterocycles. The van der Waals surface area contributed by atoms with Crippen LogP contribution in [0.4, 0.5) is 0 Å². The number of pyridine rings is 2. The van der Waals surface area contributed by atoms with Crippen molar-refractivity contribution in [2.45, 2.75) is 32.4 Å². The minimum atomic E-state index is -0.976. The van der Waals surface area contributed by atoms with Crippen molar-refractivity contribution in [1.82, 2.24) is 14.9 Å². The molecule has 2 aromatic heterocycles. The van der Waals surface area contributed by atoms with Crippen LogP contribution < -0.4 is 0 Å². The lowest BCUT2D eigenvalue weighted by Crippen LogP contribution is -2.29. The first-order valence-corrected chi connectivity index (χ1v) is 9.23. The summed E-state index contributed by atoms with van der Waals surface area (Å²) in [6.07, 6.45) is 6.89. The first-order valence-electron chi connectivity index (χ1n) is 9.23. The summed E-state index contributed by atoms with van der Waals surface area (Å²) >= 11 is 0. The smallest absolute Gasteiger partial charge is 0.254 e. The van der Waals surface area contributed by atoms with Gasteiger partial charge in [0.15, 0.2) is 0 Å². The quantitative estimate of drug-likeness (QED) is 0.726. The van der Waals surface area contributed by atoms with Gasteiger partial charge in [-0.3, -0.25) is 14.8 Å². The molecule has 0 saturated carbocycles. The van der Waals surface area contributed by atoms with E-state index in [4.69, 9.17) is 0 Å². The fraction of sp³-hybridized carbons (Fsp3) is 0.261. The molecule has 1 N–H and O–H groups in total. The van der Waals surface area contributed by atoms with E-state index < -0.39 is 5.60 Å². The highest BCUT2D eigenvalue weighted by molar-refractivity contribution is 5.95. The number of hydrogen-bond acceptors (Lipinski definition) is 4. The summed E-state index contributed by atoms with van der Waals surface area (Å²) < 4.78 is 0. The number of aromatic nitrogens is 2. The molecule has 1 amide bonds. The molecule has 0 radical (unpaired) electrons. The van der Waals surface area contributed by atoms with Gasteiger partial charge in [-0.2, -0.15) is 0 Å². The van der Waals surface area contributed by atoms with Crippen LogP contribution in [0.2, 0.25) is 0 Å². The number of amides is 1. The second-order valence-corrected chi connectivity index (χ2v) is 7.48. The molecule has 2 heterocycles. The predicted molar refractivity (Wildman–Crippen MR) is 110 cm³/mol. The van der Waals surface area contributed by atoms with Crippen LogP contribution in [-0.2, 0) is 5.60 Å². The van der Waals surface area contributed by atoms with E-state index in [1.54, 1.807) is 50.6 Å². The number of hydrogen-bond donors (Lipinski definition) is 1. The van der Waals surface area contributed by atoms with Crippen molar-refractivity contribution in [3.8, 4) is 11.1 Å². The molecule has 0 aliphatic rings. The Morgan fingerprint density at radius 2 is 1.82 bits per heavy atom. The molecule has 0 bridgehead atoms. The van der Waals surface area contributed by atoms with Crippen molar-refractivity contribution in [3.05, 3.63) is 83.9 Å². The van der Waals surface area contributed by atoms with E-state index in [0.717, 1.165) is 22.3 Å². The SMILES string of the molecule is CC(c1cccnc1)N(C)C(=O)c1cccc(-c2cncc(C(C)(C)O)c2)c1. The van der Waals surface area contributed by atoms with E-state index in [9.17, 15) is 9.90 Å². The second-order valence-electron chi connectivity index (χ2n) is 7.48. The average molecular weight is 375 g/mol. The van der Waals surface area contributed by atoms with Crippen LogP contribution in [0.1, 0.15) is 48.3 Å². The first kappa shape index (κ1) is 19.7. The Bertz CT molecular complexity index is 965. The molecule has 5 nitrogen and oxygen atoms in total. The maximum absolute atomic E-state index is 13.0. The van der Waals surface area contributed by atoms with E-state index in [2.05, 4.69) is 9.97 Å². The Labute approximate surface area is 165 Å². The van der Waals surface area contributed by atoms with Gasteiger partial charge in [-0.25, -0.2) is 0 Å². The average Bonchev–Trinajstić information content (AvgIpc) is 2.72. The highest BCUT2D eigenvalue weighted by atomic mass is 16.3. The summed E-state index contributed by atoms with van der Waals surface area (Å²) in [4.78, 5) is 23.1. The topological polar surface area (TPSA) is 66.3 Å². The van der Waals surface area contributed by atoms with Crippen LogP contribution >= 0.6 is 0 Å². The maximum atomic E-state index is 13.0. The fourth-order valence-corrected chi connectivity index (χ4v) is 2.99. The van der Waals surface area contributed by atoms with Crippen LogP contribution in [0, 0.1) is 0 Å². The van der Waals surface area contributed by atoms with Crippen LogP contribution in [-0.4, -0.2) is 32.9 Å². The molecular weight excluding hydrogens is 350 g/mol. The van der Waals surface area contributed by atoms with Gasteiger partial charge in [0.25, 0.3) is 5.91 Å². The third-order valence-corrected chi connectivity index (χ3v) is 4.96. The Hall–Kier alpha value is -3.05. The lowest BCUT2D eigenvalue weighted by atomic mass is 9.96. The summed E-state index contributed by atoms with van der Waals surface area (Å²) in [6, 6.07) is 13.1. The lowest BCUT2D eigenvalue weighted by Gasteiger charge is -2.25. The number of nitrogens with zero attached hydrogens (tertiary/aromatic N) is 3. The van der Waals surface area contributed by atoms with Gasteiger partial charge in [0.2, 0.25) is 0 Å². The maximum Gasteiger partial charge on any atom is 0.254 e. The van der Waals surface area contributed by atoms with Crippen molar-refractivity contribution in [1.29, 1.82) is 0 Å². The molecular formula is C23H25N3O2. The Balaban J connectivity index is 1.88. The zero-order valence-electron chi connectivity index (χ0n) is 16.6. The number of benzene rings is 1. The molecule has 1 atom stereocenters.